The van der Waals surface area contributed by atoms with Gasteiger partial charge in [0, 0.05) is 24.6 Å². The number of aromatic nitrogens is 4. The number of hydrogen-bond acceptors (Lipinski definition) is 3. The van der Waals surface area contributed by atoms with Crippen molar-refractivity contribution in [2.75, 3.05) is 0 Å². The molecule has 0 spiro atoms. The predicted octanol–water partition coefficient (Wildman–Crippen LogP) is 1.66. The molecule has 0 unspecified atom stereocenters. The fraction of sp³-hybridized carbons (Fsp3) is 0.267. The number of nitrogens with zero attached hydrogens (tertiary/aromatic N) is 4. The predicted molar refractivity (Wildman–Crippen MR) is 79.1 cm³/mol. The zero-order valence-corrected chi connectivity index (χ0v) is 12.0. The molecule has 0 aliphatic rings. The highest BCUT2D eigenvalue weighted by atomic mass is 16.2. The summed E-state index contributed by atoms with van der Waals surface area (Å²) >= 11 is 0. The second-order valence-corrected chi connectivity index (χ2v) is 5.15. The lowest BCUT2D eigenvalue weighted by Gasteiger charge is -2.12. The van der Waals surface area contributed by atoms with E-state index in [9.17, 15) is 4.79 Å². The SMILES string of the molecule is Cc1ccn(C[C@H](C)NC(=O)c2cn3ccccc3n2)n1. The van der Waals surface area contributed by atoms with E-state index in [2.05, 4.69) is 15.4 Å². The summed E-state index contributed by atoms with van der Waals surface area (Å²) in [6, 6.07) is 7.58. The van der Waals surface area contributed by atoms with E-state index in [0.717, 1.165) is 11.3 Å². The minimum absolute atomic E-state index is 0.0263. The Morgan fingerprint density at radius 1 is 1.33 bits per heavy atom. The van der Waals surface area contributed by atoms with Gasteiger partial charge in [0.05, 0.1) is 12.2 Å². The summed E-state index contributed by atoms with van der Waals surface area (Å²) in [5.74, 6) is -0.171. The lowest BCUT2D eigenvalue weighted by atomic mass is 10.3. The Balaban J connectivity index is 1.67. The minimum atomic E-state index is -0.171. The molecule has 0 aliphatic heterocycles. The van der Waals surface area contributed by atoms with Gasteiger partial charge >= 0.3 is 0 Å². The van der Waals surface area contributed by atoms with Crippen molar-refractivity contribution in [3.63, 3.8) is 0 Å². The van der Waals surface area contributed by atoms with Gasteiger partial charge in [0.15, 0.2) is 0 Å². The maximum atomic E-state index is 12.2. The van der Waals surface area contributed by atoms with E-state index in [1.165, 1.54) is 0 Å². The fourth-order valence-electron chi connectivity index (χ4n) is 2.23. The number of amides is 1. The number of nitrogens with one attached hydrogen (secondary N) is 1. The van der Waals surface area contributed by atoms with Gasteiger partial charge in [-0.05, 0) is 32.0 Å². The molecule has 21 heavy (non-hydrogen) atoms. The van der Waals surface area contributed by atoms with Gasteiger partial charge in [-0.25, -0.2) is 4.98 Å². The summed E-state index contributed by atoms with van der Waals surface area (Å²) < 4.78 is 3.65. The average Bonchev–Trinajstić information content (AvgIpc) is 3.04. The first-order valence-corrected chi connectivity index (χ1v) is 6.86. The van der Waals surface area contributed by atoms with Crippen LogP contribution in [0.25, 0.3) is 5.65 Å². The van der Waals surface area contributed by atoms with Crippen LogP contribution in [0.1, 0.15) is 23.1 Å². The maximum absolute atomic E-state index is 12.2. The number of aryl methyl sites for hydroxylation is 1. The van der Waals surface area contributed by atoms with Crippen molar-refractivity contribution in [2.24, 2.45) is 0 Å². The number of pyridine rings is 1. The summed E-state index contributed by atoms with van der Waals surface area (Å²) in [4.78, 5) is 16.5. The van der Waals surface area contributed by atoms with E-state index in [-0.39, 0.29) is 11.9 Å². The average molecular weight is 283 g/mol. The summed E-state index contributed by atoms with van der Waals surface area (Å²) in [6.45, 7) is 4.52. The van der Waals surface area contributed by atoms with Crippen molar-refractivity contribution in [3.8, 4) is 0 Å². The zero-order valence-electron chi connectivity index (χ0n) is 12.0. The van der Waals surface area contributed by atoms with Crippen LogP contribution in [-0.2, 0) is 6.54 Å². The third kappa shape index (κ3) is 2.94. The van der Waals surface area contributed by atoms with Crippen LogP contribution in [-0.4, -0.2) is 31.1 Å². The molecular weight excluding hydrogens is 266 g/mol. The van der Waals surface area contributed by atoms with Gasteiger partial charge in [0.1, 0.15) is 11.3 Å². The Morgan fingerprint density at radius 3 is 2.90 bits per heavy atom. The summed E-state index contributed by atoms with van der Waals surface area (Å²) in [7, 11) is 0. The van der Waals surface area contributed by atoms with Crippen molar-refractivity contribution in [2.45, 2.75) is 26.4 Å². The molecule has 3 heterocycles. The zero-order chi connectivity index (χ0) is 14.8. The lowest BCUT2D eigenvalue weighted by Crippen LogP contribution is -2.36. The fourth-order valence-corrected chi connectivity index (χ4v) is 2.23. The molecule has 0 radical (unpaired) electrons. The monoisotopic (exact) mass is 283 g/mol. The van der Waals surface area contributed by atoms with Gasteiger partial charge in [-0.3, -0.25) is 9.48 Å². The molecule has 0 aliphatic carbocycles. The van der Waals surface area contributed by atoms with Crippen molar-refractivity contribution < 1.29 is 4.79 Å². The van der Waals surface area contributed by atoms with E-state index in [4.69, 9.17) is 0 Å². The highest BCUT2D eigenvalue weighted by Crippen LogP contribution is 2.05. The van der Waals surface area contributed by atoms with Crippen LogP contribution in [0.15, 0.2) is 42.9 Å². The number of carbonyl (C=O) groups excluding carboxylic acids is 1. The molecule has 6 nitrogen and oxygen atoms in total. The smallest absolute Gasteiger partial charge is 0.271 e. The molecular formula is C15H17N5O. The topological polar surface area (TPSA) is 64.2 Å². The van der Waals surface area contributed by atoms with Crippen LogP contribution >= 0.6 is 0 Å². The van der Waals surface area contributed by atoms with E-state index >= 15 is 0 Å². The highest BCUT2D eigenvalue weighted by molar-refractivity contribution is 5.93. The number of rotatable bonds is 4. The van der Waals surface area contributed by atoms with Crippen LogP contribution < -0.4 is 5.32 Å². The first kappa shape index (κ1) is 13.4. The van der Waals surface area contributed by atoms with Gasteiger partial charge in [0.25, 0.3) is 5.91 Å². The van der Waals surface area contributed by atoms with Gasteiger partial charge in [-0.15, -0.1) is 0 Å². The van der Waals surface area contributed by atoms with Gasteiger partial charge in [0.2, 0.25) is 0 Å². The minimum Gasteiger partial charge on any atom is -0.346 e. The van der Waals surface area contributed by atoms with E-state index < -0.39 is 0 Å². The highest BCUT2D eigenvalue weighted by Gasteiger charge is 2.13. The Bertz CT molecular complexity index is 740. The number of carbonyl (C=O) groups is 1. The first-order valence-electron chi connectivity index (χ1n) is 6.86. The number of fused-ring (bicyclic) bond motifs is 1. The molecule has 0 saturated heterocycles. The van der Waals surface area contributed by atoms with Crippen LogP contribution in [0.3, 0.4) is 0 Å². The van der Waals surface area contributed by atoms with Crippen molar-refractivity contribution in [3.05, 3.63) is 54.2 Å². The standard InChI is InChI=1S/C15H17N5O/c1-11-6-8-20(18-11)9-12(2)16-15(21)13-10-19-7-4-3-5-14(19)17-13/h3-8,10,12H,9H2,1-2H3,(H,16,21)/t12-/m0/s1. The van der Waals surface area contributed by atoms with E-state index in [1.54, 1.807) is 6.20 Å². The molecule has 0 fully saturated rings. The molecule has 1 N–H and O–H groups in total. The third-order valence-electron chi connectivity index (χ3n) is 3.21. The van der Waals surface area contributed by atoms with E-state index in [0.29, 0.717) is 12.2 Å². The maximum Gasteiger partial charge on any atom is 0.271 e. The normalized spacial score (nSPS) is 12.5. The van der Waals surface area contributed by atoms with Crippen LogP contribution in [0.4, 0.5) is 0 Å². The van der Waals surface area contributed by atoms with Gasteiger partial charge in [-0.1, -0.05) is 6.07 Å². The van der Waals surface area contributed by atoms with Gasteiger partial charge < -0.3 is 9.72 Å². The second kappa shape index (κ2) is 5.40. The van der Waals surface area contributed by atoms with Crippen LogP contribution in [0.2, 0.25) is 0 Å². The Labute approximate surface area is 122 Å². The summed E-state index contributed by atoms with van der Waals surface area (Å²) in [6.07, 6.45) is 5.51. The number of hydrogen-bond donors (Lipinski definition) is 1. The Morgan fingerprint density at radius 2 is 2.19 bits per heavy atom. The van der Waals surface area contributed by atoms with Crippen molar-refractivity contribution >= 4 is 11.6 Å². The van der Waals surface area contributed by atoms with Crippen molar-refractivity contribution in [1.29, 1.82) is 0 Å². The molecule has 3 aromatic rings. The Kier molecular flexibility index (Phi) is 3.43. The molecule has 1 amide bonds. The quantitative estimate of drug-likeness (QED) is 0.792. The van der Waals surface area contributed by atoms with E-state index in [1.807, 2.05) is 59.6 Å². The molecule has 3 aromatic heterocycles. The summed E-state index contributed by atoms with van der Waals surface area (Å²) in [5, 5.41) is 7.25. The number of imidazole rings is 1. The molecule has 0 aromatic carbocycles. The molecule has 6 heteroatoms. The van der Waals surface area contributed by atoms with Crippen LogP contribution in [0.5, 0.6) is 0 Å². The first-order chi connectivity index (χ1) is 10.1. The third-order valence-corrected chi connectivity index (χ3v) is 3.21. The van der Waals surface area contributed by atoms with Gasteiger partial charge in [-0.2, -0.15) is 5.10 Å². The molecule has 3 rings (SSSR count). The van der Waals surface area contributed by atoms with Crippen LogP contribution in [0, 0.1) is 6.92 Å². The van der Waals surface area contributed by atoms with Crippen molar-refractivity contribution in [1.82, 2.24) is 24.5 Å². The Hall–Kier alpha value is -2.63. The lowest BCUT2D eigenvalue weighted by molar-refractivity contribution is 0.0931. The molecule has 1 atom stereocenters. The largest absolute Gasteiger partial charge is 0.346 e. The molecule has 108 valence electrons. The summed E-state index contributed by atoms with van der Waals surface area (Å²) in [5.41, 5.74) is 2.15. The molecule has 0 saturated carbocycles. The molecule has 0 bridgehead atoms. The second-order valence-electron chi connectivity index (χ2n) is 5.15.